The number of hydrogen-bond donors (Lipinski definition) is 1. The van der Waals surface area contributed by atoms with E-state index in [2.05, 4.69) is 0 Å². The van der Waals surface area contributed by atoms with Crippen LogP contribution in [0.25, 0.3) is 0 Å². The van der Waals surface area contributed by atoms with Gasteiger partial charge in [-0.25, -0.2) is 0 Å². The van der Waals surface area contributed by atoms with E-state index in [0.717, 1.165) is 12.0 Å². The van der Waals surface area contributed by atoms with Gasteiger partial charge < -0.3 is 24.1 Å². The lowest BCUT2D eigenvalue weighted by Gasteiger charge is -2.24. The van der Waals surface area contributed by atoms with E-state index in [1.165, 1.54) is 0 Å². The Morgan fingerprint density at radius 1 is 1.18 bits per heavy atom. The van der Waals surface area contributed by atoms with Crippen LogP contribution in [0, 0.1) is 5.92 Å². The molecular weight excluding hydrogens is 284 g/mol. The van der Waals surface area contributed by atoms with Crippen molar-refractivity contribution in [1.29, 1.82) is 0 Å². The van der Waals surface area contributed by atoms with Crippen LogP contribution in [0.4, 0.5) is 0 Å². The van der Waals surface area contributed by atoms with Crippen molar-refractivity contribution < 1.29 is 24.1 Å². The van der Waals surface area contributed by atoms with Crippen LogP contribution in [0.3, 0.4) is 0 Å². The molecule has 2 saturated heterocycles. The summed E-state index contributed by atoms with van der Waals surface area (Å²) in [6.07, 6.45) is 0.0174. The van der Waals surface area contributed by atoms with Crippen LogP contribution < -0.4 is 0 Å². The molecule has 5 heteroatoms. The fourth-order valence-electron chi connectivity index (χ4n) is 3.15. The summed E-state index contributed by atoms with van der Waals surface area (Å²) >= 11 is 0. The number of rotatable bonds is 6. The molecule has 22 heavy (non-hydrogen) atoms. The highest BCUT2D eigenvalue weighted by atomic mass is 16.8. The Balaban J connectivity index is 1.50. The monoisotopic (exact) mass is 308 g/mol. The maximum atomic E-state index is 9.48. The Hall–Kier alpha value is -0.980. The molecule has 0 aromatic heterocycles. The van der Waals surface area contributed by atoms with Crippen LogP contribution in [0.1, 0.15) is 25.8 Å². The number of fused-ring (bicyclic) bond motifs is 1. The lowest BCUT2D eigenvalue weighted by molar-refractivity contribution is -0.214. The quantitative estimate of drug-likeness (QED) is 0.815. The van der Waals surface area contributed by atoms with E-state index in [9.17, 15) is 5.11 Å². The average molecular weight is 308 g/mol. The minimum Gasteiger partial charge on any atom is -0.394 e. The van der Waals surface area contributed by atoms with Gasteiger partial charge in [-0.05, 0) is 25.8 Å². The topological polar surface area (TPSA) is 57.2 Å². The van der Waals surface area contributed by atoms with Crippen LogP contribution in [0.15, 0.2) is 30.3 Å². The number of aliphatic hydroxyl groups excluding tert-OH is 1. The molecule has 0 amide bonds. The van der Waals surface area contributed by atoms with Crippen molar-refractivity contribution in [3.05, 3.63) is 35.9 Å². The number of aliphatic hydroxyl groups is 1. The SMILES string of the molecule is CC1(C)OC2C(CCOCc3ccccc3)[C@@H](CO)O[C@@H]2O1. The first-order valence-electron chi connectivity index (χ1n) is 7.83. The Kier molecular flexibility index (Phi) is 4.80. The largest absolute Gasteiger partial charge is 0.394 e. The van der Waals surface area contributed by atoms with Gasteiger partial charge in [-0.15, -0.1) is 0 Å². The number of ether oxygens (including phenoxy) is 4. The molecule has 0 saturated carbocycles. The fraction of sp³-hybridized carbons (Fsp3) is 0.647. The Morgan fingerprint density at radius 2 is 1.95 bits per heavy atom. The lowest BCUT2D eigenvalue weighted by Crippen LogP contribution is -2.32. The van der Waals surface area contributed by atoms with Gasteiger partial charge in [0.25, 0.3) is 0 Å². The minimum absolute atomic E-state index is 0.0243. The predicted molar refractivity (Wildman–Crippen MR) is 80.0 cm³/mol. The molecule has 3 rings (SSSR count). The van der Waals surface area contributed by atoms with Crippen LogP contribution in [-0.2, 0) is 25.6 Å². The highest BCUT2D eigenvalue weighted by Crippen LogP contribution is 2.41. The van der Waals surface area contributed by atoms with Crippen molar-refractivity contribution in [2.45, 2.75) is 51.2 Å². The van der Waals surface area contributed by atoms with Crippen molar-refractivity contribution in [2.75, 3.05) is 13.2 Å². The lowest BCUT2D eigenvalue weighted by atomic mass is 9.95. The molecule has 0 spiro atoms. The van der Waals surface area contributed by atoms with E-state index in [1.807, 2.05) is 44.2 Å². The maximum Gasteiger partial charge on any atom is 0.187 e. The molecule has 122 valence electrons. The highest BCUT2D eigenvalue weighted by molar-refractivity contribution is 5.13. The molecule has 4 atom stereocenters. The zero-order valence-corrected chi connectivity index (χ0v) is 13.1. The van der Waals surface area contributed by atoms with Crippen molar-refractivity contribution in [1.82, 2.24) is 0 Å². The Morgan fingerprint density at radius 3 is 2.68 bits per heavy atom. The standard InChI is InChI=1S/C17H24O5/c1-17(2)21-15-13(14(10-18)20-16(15)22-17)8-9-19-11-12-6-4-3-5-7-12/h3-7,13-16,18H,8-11H2,1-2H3/t13?,14-,15?,16-/m1/s1. The first-order valence-corrected chi connectivity index (χ1v) is 7.83. The second kappa shape index (κ2) is 6.64. The van der Waals surface area contributed by atoms with Crippen LogP contribution in [0.2, 0.25) is 0 Å². The molecule has 1 aromatic rings. The van der Waals surface area contributed by atoms with Gasteiger partial charge in [-0.3, -0.25) is 0 Å². The highest BCUT2D eigenvalue weighted by Gasteiger charge is 2.53. The van der Waals surface area contributed by atoms with Gasteiger partial charge in [0.05, 0.1) is 19.3 Å². The summed E-state index contributed by atoms with van der Waals surface area (Å²) in [7, 11) is 0. The summed E-state index contributed by atoms with van der Waals surface area (Å²) in [6, 6.07) is 10.1. The Labute approximate surface area is 131 Å². The van der Waals surface area contributed by atoms with Crippen LogP contribution in [-0.4, -0.2) is 42.6 Å². The summed E-state index contributed by atoms with van der Waals surface area (Å²) in [4.78, 5) is 0. The fourth-order valence-corrected chi connectivity index (χ4v) is 3.15. The molecule has 1 aromatic carbocycles. The smallest absolute Gasteiger partial charge is 0.187 e. The van der Waals surface area contributed by atoms with E-state index in [4.69, 9.17) is 18.9 Å². The molecule has 0 aliphatic carbocycles. The first-order chi connectivity index (χ1) is 10.6. The summed E-state index contributed by atoms with van der Waals surface area (Å²) in [5.74, 6) is -0.536. The molecular formula is C17H24O5. The summed E-state index contributed by atoms with van der Waals surface area (Å²) in [5, 5.41) is 9.48. The third-order valence-corrected chi connectivity index (χ3v) is 4.18. The summed E-state index contributed by atoms with van der Waals surface area (Å²) in [5.41, 5.74) is 1.16. The molecule has 5 nitrogen and oxygen atoms in total. The average Bonchev–Trinajstić information content (AvgIpc) is 2.96. The zero-order valence-electron chi connectivity index (χ0n) is 13.1. The summed E-state index contributed by atoms with van der Waals surface area (Å²) in [6.45, 7) is 4.93. The predicted octanol–water partition coefficient (Wildman–Crippen LogP) is 2.08. The van der Waals surface area contributed by atoms with Gasteiger partial charge in [0.1, 0.15) is 6.10 Å². The molecule has 2 aliphatic heterocycles. The molecule has 0 bridgehead atoms. The molecule has 0 radical (unpaired) electrons. The number of benzene rings is 1. The molecule has 2 unspecified atom stereocenters. The Bertz CT molecular complexity index is 475. The van der Waals surface area contributed by atoms with Crippen LogP contribution >= 0.6 is 0 Å². The van der Waals surface area contributed by atoms with Gasteiger partial charge in [0.2, 0.25) is 0 Å². The molecule has 1 N–H and O–H groups in total. The van der Waals surface area contributed by atoms with Crippen molar-refractivity contribution in [2.24, 2.45) is 5.92 Å². The summed E-state index contributed by atoms with van der Waals surface area (Å²) < 4.78 is 23.1. The van der Waals surface area contributed by atoms with E-state index in [-0.39, 0.29) is 31.0 Å². The zero-order chi connectivity index (χ0) is 15.6. The second-order valence-electron chi connectivity index (χ2n) is 6.32. The van der Waals surface area contributed by atoms with E-state index in [0.29, 0.717) is 13.2 Å². The molecule has 2 heterocycles. The normalized spacial score (nSPS) is 33.0. The van der Waals surface area contributed by atoms with Crippen LogP contribution in [0.5, 0.6) is 0 Å². The maximum absolute atomic E-state index is 9.48. The van der Waals surface area contributed by atoms with E-state index >= 15 is 0 Å². The second-order valence-corrected chi connectivity index (χ2v) is 6.32. The molecule has 2 aliphatic rings. The molecule has 2 fully saturated rings. The van der Waals surface area contributed by atoms with E-state index < -0.39 is 5.79 Å². The van der Waals surface area contributed by atoms with Gasteiger partial charge >= 0.3 is 0 Å². The third-order valence-electron chi connectivity index (χ3n) is 4.18. The van der Waals surface area contributed by atoms with Gasteiger partial charge in [0.15, 0.2) is 12.1 Å². The third kappa shape index (κ3) is 3.50. The van der Waals surface area contributed by atoms with Gasteiger partial charge in [-0.2, -0.15) is 0 Å². The van der Waals surface area contributed by atoms with E-state index in [1.54, 1.807) is 0 Å². The number of hydrogen-bond acceptors (Lipinski definition) is 5. The van der Waals surface area contributed by atoms with Gasteiger partial charge in [0, 0.05) is 12.5 Å². The van der Waals surface area contributed by atoms with Gasteiger partial charge in [-0.1, -0.05) is 30.3 Å². The minimum atomic E-state index is -0.626. The van der Waals surface area contributed by atoms with Crippen molar-refractivity contribution >= 4 is 0 Å². The van der Waals surface area contributed by atoms with Crippen molar-refractivity contribution in [3.8, 4) is 0 Å². The first kappa shape index (κ1) is 15.9. The van der Waals surface area contributed by atoms with Crippen molar-refractivity contribution in [3.63, 3.8) is 0 Å².